The molecular formula is C12H22O. The average Bonchev–Trinajstić information content (AvgIpc) is 2.10. The van der Waals surface area contributed by atoms with E-state index in [-0.39, 0.29) is 0 Å². The second-order valence-electron chi connectivity index (χ2n) is 3.64. The Balaban J connectivity index is 3.47. The minimum atomic E-state index is 0.412. The van der Waals surface area contributed by atoms with Crippen LogP contribution in [-0.4, -0.2) is 5.11 Å². The summed E-state index contributed by atoms with van der Waals surface area (Å²) >= 11 is 0. The van der Waals surface area contributed by atoms with Crippen molar-refractivity contribution < 1.29 is 5.11 Å². The molecule has 0 aromatic carbocycles. The molecule has 0 saturated carbocycles. The zero-order chi connectivity index (χ0) is 10.1. The first kappa shape index (κ1) is 12.3. The maximum atomic E-state index is 9.32. The number of allylic oxidation sites excluding steroid dienone is 3. The van der Waals surface area contributed by atoms with E-state index in [1.165, 1.54) is 25.7 Å². The van der Waals surface area contributed by atoms with Crippen LogP contribution < -0.4 is 0 Å². The third-order valence-electron chi connectivity index (χ3n) is 2.01. The van der Waals surface area contributed by atoms with Crippen LogP contribution in [-0.2, 0) is 0 Å². The fourth-order valence-corrected chi connectivity index (χ4v) is 1.05. The van der Waals surface area contributed by atoms with Crippen LogP contribution in [0.1, 0.15) is 52.9 Å². The van der Waals surface area contributed by atoms with Gasteiger partial charge in [0.2, 0.25) is 0 Å². The van der Waals surface area contributed by atoms with E-state index in [0.29, 0.717) is 5.76 Å². The number of hydrogen-bond acceptors (Lipinski definition) is 1. The van der Waals surface area contributed by atoms with Crippen LogP contribution in [0.2, 0.25) is 0 Å². The summed E-state index contributed by atoms with van der Waals surface area (Å²) in [5.74, 6) is 0.412. The summed E-state index contributed by atoms with van der Waals surface area (Å²) in [4.78, 5) is 0. The minimum Gasteiger partial charge on any atom is -0.508 e. The third-order valence-corrected chi connectivity index (χ3v) is 2.01. The highest BCUT2D eigenvalue weighted by molar-refractivity contribution is 5.15. The summed E-state index contributed by atoms with van der Waals surface area (Å²) in [6, 6.07) is 0. The Kier molecular flexibility index (Phi) is 7.47. The number of unbranched alkanes of at least 4 members (excludes halogenated alkanes) is 4. The molecular weight excluding hydrogens is 160 g/mol. The van der Waals surface area contributed by atoms with Crippen molar-refractivity contribution in [2.45, 2.75) is 52.9 Å². The van der Waals surface area contributed by atoms with Crippen molar-refractivity contribution in [2.24, 2.45) is 0 Å². The monoisotopic (exact) mass is 182 g/mol. The summed E-state index contributed by atoms with van der Waals surface area (Å²) in [6.45, 7) is 6.04. The number of hydrogen-bond donors (Lipinski definition) is 1. The zero-order valence-corrected chi connectivity index (χ0v) is 9.14. The van der Waals surface area contributed by atoms with E-state index < -0.39 is 0 Å². The number of aliphatic hydroxyl groups is 1. The smallest absolute Gasteiger partial charge is 0.113 e. The maximum Gasteiger partial charge on any atom is 0.113 e. The fraction of sp³-hybridized carbons (Fsp3) is 0.667. The van der Waals surface area contributed by atoms with Crippen LogP contribution in [0.5, 0.6) is 0 Å². The van der Waals surface area contributed by atoms with Crippen LogP contribution in [0, 0.1) is 0 Å². The Bertz CT molecular complexity index is 174. The van der Waals surface area contributed by atoms with E-state index in [9.17, 15) is 5.11 Å². The van der Waals surface area contributed by atoms with Gasteiger partial charge in [0.25, 0.3) is 0 Å². The van der Waals surface area contributed by atoms with Crippen LogP contribution in [0.15, 0.2) is 23.5 Å². The summed E-state index contributed by atoms with van der Waals surface area (Å²) < 4.78 is 0. The lowest BCUT2D eigenvalue weighted by Crippen LogP contribution is -1.79. The average molecular weight is 182 g/mol. The molecule has 0 aliphatic rings. The fourth-order valence-electron chi connectivity index (χ4n) is 1.05. The molecule has 0 heterocycles. The Morgan fingerprint density at radius 1 is 1.15 bits per heavy atom. The lowest BCUT2D eigenvalue weighted by atomic mass is 10.1. The summed E-state index contributed by atoms with van der Waals surface area (Å²) in [5.41, 5.74) is 0.977. The van der Waals surface area contributed by atoms with E-state index in [2.05, 4.69) is 13.0 Å². The van der Waals surface area contributed by atoms with Crippen molar-refractivity contribution in [3.05, 3.63) is 23.5 Å². The van der Waals surface area contributed by atoms with Gasteiger partial charge in [-0.2, -0.15) is 0 Å². The molecule has 0 amide bonds. The largest absolute Gasteiger partial charge is 0.508 e. The van der Waals surface area contributed by atoms with E-state index in [1.54, 1.807) is 6.08 Å². The molecule has 76 valence electrons. The molecule has 0 radical (unpaired) electrons. The molecule has 1 N–H and O–H groups in total. The molecule has 13 heavy (non-hydrogen) atoms. The van der Waals surface area contributed by atoms with Gasteiger partial charge in [-0.25, -0.2) is 0 Å². The predicted molar refractivity (Wildman–Crippen MR) is 58.9 cm³/mol. The molecule has 1 nitrogen and oxygen atoms in total. The van der Waals surface area contributed by atoms with Crippen molar-refractivity contribution in [1.82, 2.24) is 0 Å². The van der Waals surface area contributed by atoms with Gasteiger partial charge in [-0.1, -0.05) is 32.3 Å². The predicted octanol–water partition coefficient (Wildman–Crippen LogP) is 4.36. The number of aliphatic hydroxyl groups excluding tert-OH is 1. The Labute approximate surface area is 82.2 Å². The Hall–Kier alpha value is -0.720. The first-order valence-corrected chi connectivity index (χ1v) is 5.21. The first-order chi connectivity index (χ1) is 6.18. The molecule has 1 heteroatoms. The van der Waals surface area contributed by atoms with Gasteiger partial charge in [-0.3, -0.25) is 0 Å². The molecule has 0 bridgehead atoms. The molecule has 0 fully saturated rings. The highest BCUT2D eigenvalue weighted by Crippen LogP contribution is 2.05. The highest BCUT2D eigenvalue weighted by Gasteiger charge is 1.88. The molecule has 0 rings (SSSR count). The molecule has 0 aromatic rings. The van der Waals surface area contributed by atoms with Gasteiger partial charge in [0.15, 0.2) is 0 Å². The van der Waals surface area contributed by atoms with Gasteiger partial charge < -0.3 is 5.11 Å². The van der Waals surface area contributed by atoms with Gasteiger partial charge >= 0.3 is 0 Å². The minimum absolute atomic E-state index is 0.412. The number of rotatable bonds is 6. The topological polar surface area (TPSA) is 20.2 Å². The quantitative estimate of drug-likeness (QED) is 0.367. The van der Waals surface area contributed by atoms with Crippen molar-refractivity contribution in [3.8, 4) is 0 Å². The molecule has 0 atom stereocenters. The molecule has 0 aliphatic heterocycles. The Morgan fingerprint density at radius 3 is 2.38 bits per heavy atom. The molecule has 0 aromatic heterocycles. The normalized spacial score (nSPS) is 10.7. The third kappa shape index (κ3) is 7.63. The maximum absolute atomic E-state index is 9.32. The van der Waals surface area contributed by atoms with Gasteiger partial charge in [0, 0.05) is 0 Å². The van der Waals surface area contributed by atoms with Crippen LogP contribution in [0.4, 0.5) is 0 Å². The summed E-state index contributed by atoms with van der Waals surface area (Å²) in [5, 5.41) is 9.32. The first-order valence-electron chi connectivity index (χ1n) is 5.21. The van der Waals surface area contributed by atoms with E-state index in [1.807, 2.05) is 13.8 Å². The van der Waals surface area contributed by atoms with Crippen LogP contribution in [0.25, 0.3) is 0 Å². The lowest BCUT2D eigenvalue weighted by Gasteiger charge is -1.95. The van der Waals surface area contributed by atoms with Crippen molar-refractivity contribution in [1.29, 1.82) is 0 Å². The summed E-state index contributed by atoms with van der Waals surface area (Å²) in [6.07, 6.45) is 10.1. The van der Waals surface area contributed by atoms with Crippen molar-refractivity contribution >= 4 is 0 Å². The van der Waals surface area contributed by atoms with Crippen LogP contribution in [0.3, 0.4) is 0 Å². The lowest BCUT2D eigenvalue weighted by molar-refractivity contribution is 0.425. The second-order valence-corrected chi connectivity index (χ2v) is 3.64. The SMILES string of the molecule is CCCCCC/C=C/C(O)=C(C)C. The molecule has 0 unspecified atom stereocenters. The van der Waals surface area contributed by atoms with E-state index in [0.717, 1.165) is 12.0 Å². The van der Waals surface area contributed by atoms with E-state index in [4.69, 9.17) is 0 Å². The molecule has 0 spiro atoms. The molecule has 0 saturated heterocycles. The Morgan fingerprint density at radius 2 is 1.85 bits per heavy atom. The highest BCUT2D eigenvalue weighted by atomic mass is 16.3. The van der Waals surface area contributed by atoms with Crippen LogP contribution >= 0.6 is 0 Å². The van der Waals surface area contributed by atoms with Gasteiger partial charge in [-0.15, -0.1) is 0 Å². The molecule has 0 aliphatic carbocycles. The van der Waals surface area contributed by atoms with Crippen molar-refractivity contribution in [3.63, 3.8) is 0 Å². The van der Waals surface area contributed by atoms with Gasteiger partial charge in [0.1, 0.15) is 5.76 Å². The van der Waals surface area contributed by atoms with Gasteiger partial charge in [0.05, 0.1) is 0 Å². The van der Waals surface area contributed by atoms with E-state index >= 15 is 0 Å². The van der Waals surface area contributed by atoms with Gasteiger partial charge in [-0.05, 0) is 38.3 Å². The summed E-state index contributed by atoms with van der Waals surface area (Å²) in [7, 11) is 0. The zero-order valence-electron chi connectivity index (χ0n) is 9.14. The van der Waals surface area contributed by atoms with Crippen molar-refractivity contribution in [2.75, 3.05) is 0 Å². The standard InChI is InChI=1S/C12H22O/c1-4-5-6-7-8-9-10-12(13)11(2)3/h9-10,13H,4-8H2,1-3H3/b10-9+. The second kappa shape index (κ2) is 7.90.